The Morgan fingerprint density at radius 3 is 2.50 bits per heavy atom. The van der Waals surface area contributed by atoms with Gasteiger partial charge in [0.05, 0.1) is 0 Å². The molecule has 0 fully saturated rings. The van der Waals surface area contributed by atoms with Crippen LogP contribution < -0.4 is 9.80 Å². The summed E-state index contributed by atoms with van der Waals surface area (Å²) in [5.41, 5.74) is 4.21. The van der Waals surface area contributed by atoms with Crippen LogP contribution in [0.4, 0.5) is 11.4 Å². The number of halogens is 1. The molecule has 0 spiro atoms. The molecular formula is C24H31ClN2O. The van der Waals surface area contributed by atoms with Crippen LogP contribution >= 0.6 is 11.6 Å². The topological polar surface area (TPSA) is 26.7 Å². The van der Waals surface area contributed by atoms with Gasteiger partial charge in [-0.05, 0) is 54.8 Å². The van der Waals surface area contributed by atoms with Crippen LogP contribution in [0, 0.1) is 6.92 Å². The summed E-state index contributed by atoms with van der Waals surface area (Å²) in [4.78, 5) is 4.24. The van der Waals surface area contributed by atoms with Gasteiger partial charge in [-0.3, -0.25) is 0 Å². The van der Waals surface area contributed by atoms with E-state index in [1.807, 2.05) is 36.2 Å². The summed E-state index contributed by atoms with van der Waals surface area (Å²) in [6, 6.07) is 14.7. The molecule has 0 aromatic heterocycles. The van der Waals surface area contributed by atoms with E-state index < -0.39 is 11.1 Å². The first-order valence-corrected chi connectivity index (χ1v) is 10.5. The molecule has 1 aliphatic heterocycles. The summed E-state index contributed by atoms with van der Waals surface area (Å²) in [6.45, 7) is 10.2. The SMILES string of the molecule is CCN(CCCl)c1ccc(/C=C/C2(O)N(C)c3ccccc3C2(C)C)c(C)c1. The van der Waals surface area contributed by atoms with Gasteiger partial charge in [0.1, 0.15) is 0 Å². The van der Waals surface area contributed by atoms with Crippen molar-refractivity contribution < 1.29 is 5.11 Å². The molecule has 0 radical (unpaired) electrons. The minimum Gasteiger partial charge on any atom is -0.371 e. The molecule has 150 valence electrons. The van der Waals surface area contributed by atoms with Crippen molar-refractivity contribution in [2.75, 3.05) is 35.8 Å². The number of fused-ring (bicyclic) bond motifs is 1. The predicted octanol–water partition coefficient (Wildman–Crippen LogP) is 5.19. The maximum absolute atomic E-state index is 11.6. The summed E-state index contributed by atoms with van der Waals surface area (Å²) < 4.78 is 0. The van der Waals surface area contributed by atoms with Crippen molar-refractivity contribution in [3.05, 3.63) is 65.2 Å². The maximum Gasteiger partial charge on any atom is 0.166 e. The zero-order chi connectivity index (χ0) is 20.5. The number of anilines is 2. The Bertz CT molecular complexity index is 877. The fourth-order valence-electron chi connectivity index (χ4n) is 4.24. The molecule has 1 unspecified atom stereocenters. The van der Waals surface area contributed by atoms with E-state index in [4.69, 9.17) is 11.6 Å². The molecule has 2 aromatic carbocycles. The summed E-state index contributed by atoms with van der Waals surface area (Å²) in [5.74, 6) is 0.615. The van der Waals surface area contributed by atoms with Gasteiger partial charge in [0.15, 0.2) is 5.72 Å². The first-order valence-electron chi connectivity index (χ1n) is 9.92. The molecule has 2 aromatic rings. The fraction of sp³-hybridized carbons (Fsp3) is 0.417. The van der Waals surface area contributed by atoms with Crippen molar-refractivity contribution >= 4 is 29.1 Å². The van der Waals surface area contributed by atoms with Gasteiger partial charge < -0.3 is 14.9 Å². The second kappa shape index (κ2) is 7.81. The summed E-state index contributed by atoms with van der Waals surface area (Å²) in [7, 11) is 1.96. The normalized spacial score (nSPS) is 20.6. The number of likely N-dealkylation sites (N-methyl/N-ethyl adjacent to an activating group) is 1. The van der Waals surface area contributed by atoms with Crippen LogP contribution in [0.5, 0.6) is 0 Å². The third kappa shape index (κ3) is 3.31. The lowest BCUT2D eigenvalue weighted by atomic mass is 9.77. The van der Waals surface area contributed by atoms with Crippen molar-refractivity contribution in [2.45, 2.75) is 38.8 Å². The molecule has 1 heterocycles. The number of rotatable bonds is 6. The van der Waals surface area contributed by atoms with Crippen molar-refractivity contribution in [1.29, 1.82) is 0 Å². The van der Waals surface area contributed by atoms with Crippen LogP contribution in [-0.2, 0) is 5.41 Å². The van der Waals surface area contributed by atoms with Crippen LogP contribution in [0.1, 0.15) is 37.5 Å². The molecule has 0 saturated heterocycles. The van der Waals surface area contributed by atoms with Crippen LogP contribution in [0.15, 0.2) is 48.5 Å². The number of alkyl halides is 1. The third-order valence-corrected chi connectivity index (χ3v) is 6.39. The number of nitrogens with zero attached hydrogens (tertiary/aromatic N) is 2. The highest BCUT2D eigenvalue weighted by molar-refractivity contribution is 6.18. The lowest BCUT2D eigenvalue weighted by molar-refractivity contribution is 0.0348. The second-order valence-electron chi connectivity index (χ2n) is 8.07. The molecule has 0 amide bonds. The zero-order valence-electron chi connectivity index (χ0n) is 17.5. The Morgan fingerprint density at radius 1 is 1.18 bits per heavy atom. The number of benzene rings is 2. The van der Waals surface area contributed by atoms with Gasteiger partial charge in [-0.25, -0.2) is 0 Å². The number of aliphatic hydroxyl groups is 1. The zero-order valence-corrected chi connectivity index (χ0v) is 18.3. The summed E-state index contributed by atoms with van der Waals surface area (Å²) >= 11 is 5.93. The number of aryl methyl sites for hydroxylation is 1. The maximum atomic E-state index is 11.6. The van der Waals surface area contributed by atoms with Gasteiger partial charge >= 0.3 is 0 Å². The van der Waals surface area contributed by atoms with E-state index in [0.717, 1.165) is 29.9 Å². The first kappa shape index (κ1) is 20.8. The highest BCUT2D eigenvalue weighted by atomic mass is 35.5. The Morgan fingerprint density at radius 2 is 1.89 bits per heavy atom. The Balaban J connectivity index is 1.92. The van der Waals surface area contributed by atoms with Crippen LogP contribution in [0.2, 0.25) is 0 Å². The van der Waals surface area contributed by atoms with Gasteiger partial charge in [-0.2, -0.15) is 0 Å². The fourth-order valence-corrected chi connectivity index (χ4v) is 4.44. The monoisotopic (exact) mass is 398 g/mol. The third-order valence-electron chi connectivity index (χ3n) is 6.22. The van der Waals surface area contributed by atoms with Crippen molar-refractivity contribution in [3.63, 3.8) is 0 Å². The van der Waals surface area contributed by atoms with Gasteiger partial charge in [-0.1, -0.05) is 44.2 Å². The van der Waals surface area contributed by atoms with Gasteiger partial charge in [0.2, 0.25) is 0 Å². The molecule has 3 rings (SSSR count). The standard InChI is InChI=1S/C24H31ClN2O/c1-6-27(16-15-25)20-12-11-19(18(2)17-20)13-14-24(28)23(3,4)21-9-7-8-10-22(21)26(24)5/h7-14,17,28H,6,15-16H2,1-5H3/b14-13+. The number of para-hydroxylation sites is 1. The minimum absolute atomic E-state index is 0.415. The van der Waals surface area contributed by atoms with Crippen LogP contribution in [-0.4, -0.2) is 36.8 Å². The molecule has 1 aliphatic rings. The van der Waals surface area contributed by atoms with E-state index in [1.165, 1.54) is 11.3 Å². The molecule has 0 bridgehead atoms. The molecular weight excluding hydrogens is 368 g/mol. The largest absolute Gasteiger partial charge is 0.371 e. The Hall–Kier alpha value is -1.97. The van der Waals surface area contributed by atoms with E-state index >= 15 is 0 Å². The highest BCUT2D eigenvalue weighted by Crippen LogP contribution is 2.50. The average Bonchev–Trinajstić information content (AvgIpc) is 2.84. The Kier molecular flexibility index (Phi) is 5.79. The van der Waals surface area contributed by atoms with Crippen LogP contribution in [0.25, 0.3) is 6.08 Å². The Labute approximate surface area is 174 Å². The van der Waals surface area contributed by atoms with Crippen molar-refractivity contribution in [1.82, 2.24) is 0 Å². The van der Waals surface area contributed by atoms with Gasteiger partial charge in [0.25, 0.3) is 0 Å². The van der Waals surface area contributed by atoms with Crippen molar-refractivity contribution in [3.8, 4) is 0 Å². The molecule has 0 aliphatic carbocycles. The molecule has 28 heavy (non-hydrogen) atoms. The van der Waals surface area contributed by atoms with E-state index in [2.05, 4.69) is 62.9 Å². The molecule has 1 N–H and O–H groups in total. The van der Waals surface area contributed by atoms with E-state index in [-0.39, 0.29) is 0 Å². The van der Waals surface area contributed by atoms with Gasteiger partial charge in [0, 0.05) is 42.8 Å². The molecule has 3 nitrogen and oxygen atoms in total. The second-order valence-corrected chi connectivity index (χ2v) is 8.45. The van der Waals surface area contributed by atoms with E-state index in [0.29, 0.717) is 5.88 Å². The number of hydrogen-bond donors (Lipinski definition) is 1. The smallest absolute Gasteiger partial charge is 0.166 e. The predicted molar refractivity (Wildman–Crippen MR) is 122 cm³/mol. The number of hydrogen-bond acceptors (Lipinski definition) is 3. The van der Waals surface area contributed by atoms with E-state index in [1.54, 1.807) is 0 Å². The quantitative estimate of drug-likeness (QED) is 0.678. The van der Waals surface area contributed by atoms with E-state index in [9.17, 15) is 5.11 Å². The minimum atomic E-state index is -1.09. The lowest BCUT2D eigenvalue weighted by Gasteiger charge is -2.39. The molecule has 4 heteroatoms. The summed E-state index contributed by atoms with van der Waals surface area (Å²) in [6.07, 6.45) is 3.98. The van der Waals surface area contributed by atoms with Crippen molar-refractivity contribution in [2.24, 2.45) is 0 Å². The van der Waals surface area contributed by atoms with Gasteiger partial charge in [-0.15, -0.1) is 11.6 Å². The molecule has 0 saturated carbocycles. The molecule has 1 atom stereocenters. The summed E-state index contributed by atoms with van der Waals surface area (Å²) in [5, 5.41) is 11.6. The van der Waals surface area contributed by atoms with Crippen LogP contribution in [0.3, 0.4) is 0 Å². The lowest BCUT2D eigenvalue weighted by Crippen LogP contribution is -2.52. The first-order chi connectivity index (χ1) is 13.3. The average molecular weight is 399 g/mol. The highest BCUT2D eigenvalue weighted by Gasteiger charge is 2.53.